The number of nitrogens with zero attached hydrogens (tertiary/aromatic N) is 5. The molecule has 0 N–H and O–H groups in total. The average Bonchev–Trinajstić information content (AvgIpc) is 3.53. The van der Waals surface area contributed by atoms with E-state index in [1.54, 1.807) is 0 Å². The Kier molecular flexibility index (Phi) is 7.81. The Morgan fingerprint density at radius 1 is 1.16 bits per heavy atom. The molecule has 3 saturated heterocycles. The lowest BCUT2D eigenvalue weighted by atomic mass is 9.91. The van der Waals surface area contributed by atoms with Crippen molar-refractivity contribution >= 4 is 56.5 Å². The fraction of sp³-hybridized carbons (Fsp3) is 0.343. The number of benzene rings is 3. The van der Waals surface area contributed by atoms with Crippen LogP contribution in [0.2, 0.25) is 10.0 Å². The fourth-order valence-corrected chi connectivity index (χ4v) is 7.90. The zero-order chi connectivity index (χ0) is 31.4. The lowest BCUT2D eigenvalue weighted by Gasteiger charge is -2.49. The van der Waals surface area contributed by atoms with Gasteiger partial charge in [0.15, 0.2) is 0 Å². The Bertz CT molecular complexity index is 1890. The van der Waals surface area contributed by atoms with Crippen LogP contribution in [0, 0.1) is 11.3 Å². The van der Waals surface area contributed by atoms with Crippen molar-refractivity contribution in [1.29, 1.82) is 5.26 Å². The van der Waals surface area contributed by atoms with Gasteiger partial charge in [-0.05, 0) is 55.1 Å². The summed E-state index contributed by atoms with van der Waals surface area (Å²) in [5.41, 5.74) is 3.84. The van der Waals surface area contributed by atoms with Gasteiger partial charge in [0.2, 0.25) is 11.8 Å². The molecule has 7 nitrogen and oxygen atoms in total. The summed E-state index contributed by atoms with van der Waals surface area (Å²) >= 11 is 13.8. The maximum atomic E-state index is 14.2. The Morgan fingerprint density at radius 3 is 2.69 bits per heavy atom. The van der Waals surface area contributed by atoms with Crippen molar-refractivity contribution in [1.82, 2.24) is 14.8 Å². The van der Waals surface area contributed by atoms with E-state index in [2.05, 4.69) is 17.5 Å². The minimum atomic E-state index is -0.902. The van der Waals surface area contributed by atoms with E-state index in [0.717, 1.165) is 39.4 Å². The van der Waals surface area contributed by atoms with Gasteiger partial charge in [0.05, 0.1) is 41.3 Å². The molecule has 230 valence electrons. The fourth-order valence-electron chi connectivity index (χ4n) is 7.35. The first-order chi connectivity index (χ1) is 21.8. The van der Waals surface area contributed by atoms with Crippen LogP contribution in [0.15, 0.2) is 61.2 Å². The van der Waals surface area contributed by atoms with Crippen LogP contribution in [0.5, 0.6) is 5.88 Å². The van der Waals surface area contributed by atoms with Gasteiger partial charge in [-0.3, -0.25) is 9.69 Å². The zero-order valence-electron chi connectivity index (χ0n) is 24.8. The molecule has 0 saturated carbocycles. The number of hydrogen-bond donors (Lipinski definition) is 0. The standard InChI is InChI=1S/C35H32Cl2FN5O2/c1-3-32(44)42-13-11-30-31(42)18-43(30)34-24(10-12-39)35(45-19-22-14-21(38)17-41(22)2)40-29-16-25(28(37)15-26(29)34)23-8-4-6-20-7-5-9-27(36)33(20)23/h3-9,15-16,21-22,30-31H,1,10-11,13-14,17-19H2,2H3/t21-,22+,30-,31-/m1/s1. The Balaban J connectivity index is 1.38. The minimum absolute atomic E-state index is 0.0548. The van der Waals surface area contributed by atoms with Crippen molar-refractivity contribution in [3.63, 3.8) is 0 Å². The SMILES string of the molecule is C=CC(=O)N1CC[C@@H]2[C@H]1CN2c1c(CC#N)c(OC[C@@H]2C[C@@H](F)CN2C)nc2cc(-c3cccc4cccc(Cl)c34)c(Cl)cc12. The summed E-state index contributed by atoms with van der Waals surface area (Å²) in [6.07, 6.45) is 1.71. The quantitative estimate of drug-likeness (QED) is 0.206. The largest absolute Gasteiger partial charge is 0.476 e. The summed E-state index contributed by atoms with van der Waals surface area (Å²) in [5, 5.41) is 13.8. The Morgan fingerprint density at radius 2 is 1.96 bits per heavy atom. The number of aromatic nitrogens is 1. The van der Waals surface area contributed by atoms with E-state index in [1.165, 1.54) is 6.08 Å². The van der Waals surface area contributed by atoms with Gasteiger partial charge in [-0.25, -0.2) is 9.37 Å². The number of halogens is 3. The molecule has 4 atom stereocenters. The first-order valence-electron chi connectivity index (χ1n) is 15.2. The molecule has 3 fully saturated rings. The molecule has 0 unspecified atom stereocenters. The van der Waals surface area contributed by atoms with Crippen molar-refractivity contribution in [2.24, 2.45) is 0 Å². The second-order valence-corrected chi connectivity index (χ2v) is 12.9. The van der Waals surface area contributed by atoms with Crippen LogP contribution in [0.1, 0.15) is 18.4 Å². The van der Waals surface area contributed by atoms with Crippen LogP contribution in [-0.2, 0) is 11.2 Å². The highest BCUT2D eigenvalue weighted by molar-refractivity contribution is 6.38. The maximum Gasteiger partial charge on any atom is 0.246 e. The van der Waals surface area contributed by atoms with E-state index >= 15 is 0 Å². The number of nitriles is 1. The number of amides is 1. The monoisotopic (exact) mass is 643 g/mol. The summed E-state index contributed by atoms with van der Waals surface area (Å²) in [5.74, 6) is 0.288. The number of carbonyl (C=O) groups excluding carboxylic acids is 1. The Hall–Kier alpha value is -3.90. The normalized spacial score (nSPS) is 22.8. The predicted molar refractivity (Wildman–Crippen MR) is 177 cm³/mol. The summed E-state index contributed by atoms with van der Waals surface area (Å²) in [4.78, 5) is 23.6. The van der Waals surface area contributed by atoms with Gasteiger partial charge in [0.1, 0.15) is 12.8 Å². The number of carbonyl (C=O) groups is 1. The van der Waals surface area contributed by atoms with Gasteiger partial charge in [0, 0.05) is 52.1 Å². The van der Waals surface area contributed by atoms with Gasteiger partial charge in [-0.1, -0.05) is 60.1 Å². The van der Waals surface area contributed by atoms with E-state index in [-0.39, 0.29) is 37.1 Å². The second kappa shape index (κ2) is 11.8. The molecule has 10 heteroatoms. The number of anilines is 1. The van der Waals surface area contributed by atoms with Crippen molar-refractivity contribution in [3.8, 4) is 23.1 Å². The molecule has 1 amide bonds. The van der Waals surface area contributed by atoms with Crippen LogP contribution in [0.3, 0.4) is 0 Å². The molecule has 7 rings (SSSR count). The number of fused-ring (bicyclic) bond motifs is 3. The molecular formula is C35H32Cl2FN5O2. The topological polar surface area (TPSA) is 72.7 Å². The molecule has 4 heterocycles. The van der Waals surface area contributed by atoms with Crippen LogP contribution < -0.4 is 9.64 Å². The highest BCUT2D eigenvalue weighted by Gasteiger charge is 2.49. The maximum absolute atomic E-state index is 14.2. The molecular weight excluding hydrogens is 612 g/mol. The van der Waals surface area contributed by atoms with E-state index in [4.69, 9.17) is 32.9 Å². The number of rotatable bonds is 7. The molecule has 3 aliphatic rings. The first-order valence-corrected chi connectivity index (χ1v) is 15.9. The van der Waals surface area contributed by atoms with Crippen molar-refractivity contribution in [2.75, 3.05) is 38.2 Å². The summed E-state index contributed by atoms with van der Waals surface area (Å²) in [7, 11) is 1.89. The number of ether oxygens (including phenoxy) is 1. The van der Waals surface area contributed by atoms with Crippen LogP contribution >= 0.6 is 23.2 Å². The van der Waals surface area contributed by atoms with E-state index < -0.39 is 6.17 Å². The van der Waals surface area contributed by atoms with E-state index in [0.29, 0.717) is 53.1 Å². The van der Waals surface area contributed by atoms with Crippen LogP contribution in [-0.4, -0.2) is 78.3 Å². The Labute approximate surface area is 271 Å². The number of likely N-dealkylation sites (tertiary alicyclic amines) is 2. The summed E-state index contributed by atoms with van der Waals surface area (Å²) in [6.45, 7) is 5.53. The molecule has 0 radical (unpaired) electrons. The van der Waals surface area contributed by atoms with Crippen LogP contribution in [0.25, 0.3) is 32.8 Å². The molecule has 3 aliphatic heterocycles. The lowest BCUT2D eigenvalue weighted by molar-refractivity contribution is -0.127. The van der Waals surface area contributed by atoms with Crippen molar-refractivity contribution in [2.45, 2.75) is 43.6 Å². The number of alkyl halides is 1. The number of pyridine rings is 1. The zero-order valence-corrected chi connectivity index (χ0v) is 26.4. The van der Waals surface area contributed by atoms with Gasteiger partial charge in [0.25, 0.3) is 0 Å². The predicted octanol–water partition coefficient (Wildman–Crippen LogP) is 6.82. The summed E-state index contributed by atoms with van der Waals surface area (Å²) in [6, 6.07) is 18.0. The van der Waals surface area contributed by atoms with Crippen molar-refractivity contribution < 1.29 is 13.9 Å². The summed E-state index contributed by atoms with van der Waals surface area (Å²) < 4.78 is 20.6. The van der Waals surface area contributed by atoms with Gasteiger partial charge < -0.3 is 14.5 Å². The molecule has 0 bridgehead atoms. The average molecular weight is 645 g/mol. The van der Waals surface area contributed by atoms with E-state index in [1.807, 2.05) is 65.4 Å². The number of hydrogen-bond acceptors (Lipinski definition) is 6. The van der Waals surface area contributed by atoms with E-state index in [9.17, 15) is 14.4 Å². The van der Waals surface area contributed by atoms with Gasteiger partial charge in [-0.2, -0.15) is 5.26 Å². The van der Waals surface area contributed by atoms with Gasteiger partial charge >= 0.3 is 0 Å². The van der Waals surface area contributed by atoms with Gasteiger partial charge in [-0.15, -0.1) is 0 Å². The molecule has 1 aromatic heterocycles. The molecule has 0 aliphatic carbocycles. The van der Waals surface area contributed by atoms with Crippen molar-refractivity contribution in [3.05, 3.63) is 76.8 Å². The smallest absolute Gasteiger partial charge is 0.246 e. The molecule has 45 heavy (non-hydrogen) atoms. The highest BCUT2D eigenvalue weighted by atomic mass is 35.5. The first kappa shape index (κ1) is 29.8. The number of likely N-dealkylation sites (N-methyl/N-ethyl adjacent to an activating group) is 1. The lowest BCUT2D eigenvalue weighted by Crippen LogP contribution is -2.63. The molecule has 4 aromatic rings. The second-order valence-electron chi connectivity index (χ2n) is 12.1. The third-order valence-corrected chi connectivity index (χ3v) is 10.2. The third kappa shape index (κ3) is 5.07. The van der Waals surface area contributed by atoms with Crippen LogP contribution in [0.4, 0.5) is 10.1 Å². The highest BCUT2D eigenvalue weighted by Crippen LogP contribution is 2.47. The third-order valence-electron chi connectivity index (χ3n) is 9.60. The minimum Gasteiger partial charge on any atom is -0.476 e. The molecule has 0 spiro atoms. The molecule has 3 aromatic carbocycles.